The molecule has 0 aromatic heterocycles. The highest BCUT2D eigenvalue weighted by atomic mass is 32.2. The molecule has 0 bridgehead atoms. The van der Waals surface area contributed by atoms with Gasteiger partial charge < -0.3 is 9.47 Å². The fraction of sp³-hybridized carbons (Fsp3) is 0.235. The van der Waals surface area contributed by atoms with E-state index in [0.717, 1.165) is 0 Å². The predicted molar refractivity (Wildman–Crippen MR) is 96.9 cm³/mol. The Hall–Kier alpha value is -2.89. The summed E-state index contributed by atoms with van der Waals surface area (Å²) in [4.78, 5) is 12.1. The number of nitrogens with one attached hydrogen (secondary N) is 1. The molecule has 1 aliphatic rings. The lowest BCUT2D eigenvalue weighted by molar-refractivity contribution is 0.0985. The fourth-order valence-electron chi connectivity index (χ4n) is 2.83. The maximum absolute atomic E-state index is 14.4. The number of methoxy groups -OCH3 is 2. The van der Waals surface area contributed by atoms with Gasteiger partial charge in [-0.15, -0.1) is 5.11 Å². The van der Waals surface area contributed by atoms with Gasteiger partial charge in [0.1, 0.15) is 11.9 Å². The van der Waals surface area contributed by atoms with Crippen LogP contribution in [0.4, 0.5) is 4.39 Å². The zero-order valence-electron chi connectivity index (χ0n) is 15.0. The molecule has 0 saturated carbocycles. The van der Waals surface area contributed by atoms with Gasteiger partial charge in [-0.3, -0.25) is 4.79 Å². The molecular weight excluding hydrogens is 391 g/mol. The summed E-state index contributed by atoms with van der Waals surface area (Å²) in [5, 5.41) is 12.5. The first-order chi connectivity index (χ1) is 13.2. The van der Waals surface area contributed by atoms with E-state index in [1.165, 1.54) is 32.4 Å². The number of halogens is 1. The Labute approximate surface area is 160 Å². The molecule has 0 fully saturated rings. The van der Waals surface area contributed by atoms with Gasteiger partial charge >= 0.3 is 0 Å². The van der Waals surface area contributed by atoms with Crippen LogP contribution in [-0.4, -0.2) is 28.5 Å². The van der Waals surface area contributed by atoms with Crippen LogP contribution in [-0.2, 0) is 16.8 Å². The van der Waals surface area contributed by atoms with Crippen LogP contribution < -0.4 is 19.3 Å². The zero-order valence-corrected chi connectivity index (χ0v) is 15.8. The Balaban J connectivity index is 2.00. The normalized spacial score (nSPS) is 16.0. The first-order valence-corrected chi connectivity index (χ1v) is 9.55. The Kier molecular flexibility index (Phi) is 5.40. The minimum absolute atomic E-state index is 0.106. The number of fused-ring (bicyclic) bond motifs is 1. The van der Waals surface area contributed by atoms with Crippen molar-refractivity contribution in [1.82, 2.24) is 4.72 Å². The van der Waals surface area contributed by atoms with Gasteiger partial charge in [-0.05, 0) is 29.3 Å². The first-order valence-electron chi connectivity index (χ1n) is 8.00. The molecule has 0 saturated heterocycles. The van der Waals surface area contributed by atoms with Crippen molar-refractivity contribution in [3.05, 3.63) is 58.4 Å². The largest absolute Gasteiger partial charge is 0.493 e. The molecule has 1 unspecified atom stereocenters. The molecule has 2 aromatic rings. The number of rotatable bonds is 6. The van der Waals surface area contributed by atoms with Crippen LogP contribution in [0.25, 0.3) is 0 Å². The average Bonchev–Trinajstić information content (AvgIpc) is 2.65. The maximum Gasteiger partial charge on any atom is 0.295 e. The summed E-state index contributed by atoms with van der Waals surface area (Å²) in [6, 6.07) is 6.56. The van der Waals surface area contributed by atoms with Crippen molar-refractivity contribution in [2.45, 2.75) is 12.6 Å². The zero-order chi connectivity index (χ0) is 20.5. The topological polar surface area (TPSA) is 132 Å². The summed E-state index contributed by atoms with van der Waals surface area (Å²) < 4.78 is 48.9. The lowest BCUT2D eigenvalue weighted by atomic mass is 9.92. The van der Waals surface area contributed by atoms with E-state index in [9.17, 15) is 17.6 Å². The molecule has 3 N–H and O–H groups in total. The van der Waals surface area contributed by atoms with E-state index in [-0.39, 0.29) is 17.7 Å². The second-order valence-corrected chi connectivity index (χ2v) is 7.31. The first kappa shape index (κ1) is 19.9. The van der Waals surface area contributed by atoms with Crippen LogP contribution in [0.15, 0.2) is 40.6 Å². The van der Waals surface area contributed by atoms with E-state index >= 15 is 0 Å². The monoisotopic (exact) mass is 408 g/mol. The maximum atomic E-state index is 14.4. The molecular formula is C17H17FN4O5S. The molecule has 1 aliphatic heterocycles. The third kappa shape index (κ3) is 4.01. The van der Waals surface area contributed by atoms with E-state index in [4.69, 9.17) is 14.6 Å². The summed E-state index contributed by atoms with van der Waals surface area (Å²) in [5.74, 6) is -0.434. The lowest BCUT2D eigenvalue weighted by Crippen LogP contribution is -2.30. The van der Waals surface area contributed by atoms with Crippen molar-refractivity contribution in [2.75, 3.05) is 14.2 Å². The van der Waals surface area contributed by atoms with Gasteiger partial charge in [0.05, 0.1) is 19.8 Å². The highest BCUT2D eigenvalue weighted by Gasteiger charge is 2.28. The molecule has 1 atom stereocenters. The van der Waals surface area contributed by atoms with Gasteiger partial charge in [0.15, 0.2) is 11.5 Å². The van der Waals surface area contributed by atoms with Crippen molar-refractivity contribution in [3.8, 4) is 11.5 Å². The molecule has 0 aliphatic carbocycles. The molecule has 9 nitrogen and oxygen atoms in total. The minimum atomic E-state index is -3.94. The number of hydrogen-bond acceptors (Lipinski definition) is 6. The quantitative estimate of drug-likeness (QED) is 0.752. The summed E-state index contributed by atoms with van der Waals surface area (Å²) in [7, 11) is -1.04. The van der Waals surface area contributed by atoms with Crippen molar-refractivity contribution >= 4 is 16.1 Å². The van der Waals surface area contributed by atoms with Crippen LogP contribution in [0.3, 0.4) is 0 Å². The number of hydrogen-bond donors (Lipinski definition) is 2. The van der Waals surface area contributed by atoms with E-state index in [1.807, 2.05) is 4.72 Å². The predicted octanol–water partition coefficient (Wildman–Crippen LogP) is 1.83. The third-order valence-corrected chi connectivity index (χ3v) is 4.75. The van der Waals surface area contributed by atoms with Gasteiger partial charge in [-0.2, -0.15) is 18.3 Å². The average molecular weight is 408 g/mol. The van der Waals surface area contributed by atoms with Gasteiger partial charge in [-0.1, -0.05) is 12.1 Å². The molecule has 0 radical (unpaired) electrons. The van der Waals surface area contributed by atoms with E-state index < -0.39 is 28.0 Å². The highest BCUT2D eigenvalue weighted by Crippen LogP contribution is 2.40. The van der Waals surface area contributed by atoms with Crippen LogP contribution in [0, 0.1) is 5.82 Å². The summed E-state index contributed by atoms with van der Waals surface area (Å²) in [6.07, 6.45) is 0. The van der Waals surface area contributed by atoms with Crippen molar-refractivity contribution in [3.63, 3.8) is 0 Å². The van der Waals surface area contributed by atoms with E-state index in [1.54, 1.807) is 12.1 Å². The molecule has 1 amide bonds. The van der Waals surface area contributed by atoms with Crippen LogP contribution in [0.2, 0.25) is 0 Å². The van der Waals surface area contributed by atoms with E-state index in [2.05, 4.69) is 10.2 Å². The highest BCUT2D eigenvalue weighted by molar-refractivity contribution is 7.87. The molecule has 0 spiro atoms. The minimum Gasteiger partial charge on any atom is -0.493 e. The van der Waals surface area contributed by atoms with E-state index in [0.29, 0.717) is 22.6 Å². The van der Waals surface area contributed by atoms with Gasteiger partial charge in [-0.25, -0.2) is 9.53 Å². The second kappa shape index (κ2) is 7.62. The standard InChI is InChI=1S/C17H17FN4O5S/c1-26-14-6-11-12(7-15(14)27-2)17(23)22-21-16(11)9-3-4-10(13(18)5-9)8-20-28(19,24)25/h3-7,16,20H,8H2,1-2H3,(H2,19,24,25). The fourth-order valence-corrected chi connectivity index (χ4v) is 3.19. The molecule has 148 valence electrons. The SMILES string of the molecule is COc1cc2c(cc1OC)C(c1ccc(CNS(N)(=O)=O)c(F)c1)N=NC2=O. The Morgan fingerprint density at radius 1 is 1.18 bits per heavy atom. The lowest BCUT2D eigenvalue weighted by Gasteiger charge is -2.21. The third-order valence-electron chi connectivity index (χ3n) is 4.20. The van der Waals surface area contributed by atoms with Gasteiger partial charge in [0, 0.05) is 12.1 Å². The summed E-state index contributed by atoms with van der Waals surface area (Å²) >= 11 is 0. The molecule has 3 rings (SSSR count). The van der Waals surface area contributed by atoms with Crippen molar-refractivity contribution in [2.24, 2.45) is 15.4 Å². The van der Waals surface area contributed by atoms with Crippen LogP contribution in [0.5, 0.6) is 11.5 Å². The molecule has 11 heteroatoms. The molecule has 1 heterocycles. The summed E-state index contributed by atoms with van der Waals surface area (Å²) in [5.41, 5.74) is 1.31. The second-order valence-electron chi connectivity index (χ2n) is 5.93. The van der Waals surface area contributed by atoms with Crippen LogP contribution >= 0.6 is 0 Å². The number of ether oxygens (including phenoxy) is 2. The number of azo groups is 1. The number of amides is 1. The number of benzene rings is 2. The number of nitrogens with two attached hydrogens (primary N) is 1. The number of carbonyl (C=O) groups is 1. The molecule has 2 aromatic carbocycles. The van der Waals surface area contributed by atoms with Crippen molar-refractivity contribution in [1.29, 1.82) is 0 Å². The van der Waals surface area contributed by atoms with Crippen molar-refractivity contribution < 1.29 is 27.1 Å². The Bertz CT molecular complexity index is 1070. The van der Waals surface area contributed by atoms with Crippen LogP contribution in [0.1, 0.15) is 33.1 Å². The van der Waals surface area contributed by atoms with Gasteiger partial charge in [0.25, 0.3) is 16.1 Å². The smallest absolute Gasteiger partial charge is 0.295 e. The number of nitrogens with zero attached hydrogens (tertiary/aromatic N) is 2. The Morgan fingerprint density at radius 3 is 2.46 bits per heavy atom. The number of carbonyl (C=O) groups excluding carboxylic acids is 1. The molecule has 28 heavy (non-hydrogen) atoms. The van der Waals surface area contributed by atoms with Gasteiger partial charge in [0.2, 0.25) is 0 Å². The Morgan fingerprint density at radius 2 is 1.86 bits per heavy atom. The summed E-state index contributed by atoms with van der Waals surface area (Å²) in [6.45, 7) is -0.294.